The van der Waals surface area contributed by atoms with Crippen LogP contribution in [-0.2, 0) is 0 Å². The van der Waals surface area contributed by atoms with Gasteiger partial charge in [0.25, 0.3) is 0 Å². The van der Waals surface area contributed by atoms with Crippen molar-refractivity contribution in [1.82, 2.24) is 4.57 Å². The summed E-state index contributed by atoms with van der Waals surface area (Å²) < 4.78 is 46.7. The van der Waals surface area contributed by atoms with Gasteiger partial charge in [0.15, 0.2) is 23.2 Å². The van der Waals surface area contributed by atoms with Crippen LogP contribution in [0.4, 0.5) is 18.0 Å². The number of rotatable bonds is 2. The summed E-state index contributed by atoms with van der Waals surface area (Å²) in [5, 5.41) is 8.15. The van der Waals surface area contributed by atoms with Crippen LogP contribution in [-0.4, -0.2) is 15.8 Å². The van der Waals surface area contributed by atoms with E-state index < -0.39 is 45.7 Å². The van der Waals surface area contributed by atoms with Gasteiger partial charge in [-0.25, -0.2) is 18.0 Å². The normalized spacial score (nSPS) is 10.8. The number of hydrogen-bond donors (Lipinski definition) is 1. The minimum Gasteiger partial charge on any atom is -0.449 e. The van der Waals surface area contributed by atoms with Crippen LogP contribution in [0.5, 0.6) is 5.75 Å². The number of halogens is 3. The second kappa shape index (κ2) is 5.73. The smallest absolute Gasteiger partial charge is 0.449 e. The Balaban J connectivity index is 2.48. The summed E-state index contributed by atoms with van der Waals surface area (Å²) >= 11 is 0. The van der Waals surface area contributed by atoms with Crippen molar-refractivity contribution in [2.24, 2.45) is 0 Å². The lowest BCUT2D eigenvalue weighted by atomic mass is 10.1. The van der Waals surface area contributed by atoms with Crippen molar-refractivity contribution in [3.63, 3.8) is 0 Å². The summed E-state index contributed by atoms with van der Waals surface area (Å²) in [5.41, 5.74) is -1.30. The predicted molar refractivity (Wildman–Crippen MR) is 78.1 cm³/mol. The van der Waals surface area contributed by atoms with Gasteiger partial charge in [-0.05, 0) is 18.2 Å². The largest absolute Gasteiger partial charge is 0.511 e. The van der Waals surface area contributed by atoms with Crippen LogP contribution in [0, 0.1) is 17.5 Å². The zero-order valence-electron chi connectivity index (χ0n) is 11.8. The van der Waals surface area contributed by atoms with Gasteiger partial charge in [-0.15, -0.1) is 0 Å². The van der Waals surface area contributed by atoms with E-state index >= 15 is 0 Å². The topological polar surface area (TPSA) is 68.5 Å². The molecule has 0 radical (unpaired) electrons. The van der Waals surface area contributed by atoms with Gasteiger partial charge in [-0.2, -0.15) is 0 Å². The maximum absolute atomic E-state index is 14.2. The first kappa shape index (κ1) is 15.6. The van der Waals surface area contributed by atoms with Gasteiger partial charge in [0.1, 0.15) is 0 Å². The lowest BCUT2D eigenvalue weighted by Crippen LogP contribution is -2.17. The molecule has 0 fully saturated rings. The third-order valence-electron chi connectivity index (χ3n) is 3.32. The van der Waals surface area contributed by atoms with E-state index in [1.165, 1.54) is 12.1 Å². The predicted octanol–water partition coefficient (Wildman–Crippen LogP) is 3.46. The van der Waals surface area contributed by atoms with Crippen molar-refractivity contribution in [2.75, 3.05) is 0 Å². The van der Waals surface area contributed by atoms with Crippen LogP contribution >= 0.6 is 0 Å². The molecule has 24 heavy (non-hydrogen) atoms. The molecule has 0 bridgehead atoms. The zero-order chi connectivity index (χ0) is 17.4. The second-order valence-corrected chi connectivity index (χ2v) is 4.78. The summed E-state index contributed by atoms with van der Waals surface area (Å²) in [6.45, 7) is 0. The minimum absolute atomic E-state index is 0.294. The first-order chi connectivity index (χ1) is 11.4. The molecular formula is C16H8F3NO4. The Bertz CT molecular complexity index is 1020. The van der Waals surface area contributed by atoms with Gasteiger partial charge in [-0.1, -0.05) is 18.2 Å². The Morgan fingerprint density at radius 3 is 2.38 bits per heavy atom. The molecule has 2 aromatic carbocycles. The molecule has 5 nitrogen and oxygen atoms in total. The highest BCUT2D eigenvalue weighted by atomic mass is 19.2. The molecule has 0 aliphatic rings. The summed E-state index contributed by atoms with van der Waals surface area (Å²) in [5.74, 6) is -5.53. The van der Waals surface area contributed by atoms with E-state index in [-0.39, 0.29) is 0 Å². The van der Waals surface area contributed by atoms with Crippen molar-refractivity contribution < 1.29 is 27.8 Å². The molecule has 3 aromatic rings. The van der Waals surface area contributed by atoms with Crippen LogP contribution in [0.1, 0.15) is 0 Å². The SMILES string of the molecule is O=C(O)Oc1cn(-c2ccccc2)c2c(F)c(F)c(F)cc2c1=O. The highest BCUT2D eigenvalue weighted by Crippen LogP contribution is 2.26. The quantitative estimate of drug-likeness (QED) is 0.575. The molecule has 0 aliphatic carbocycles. The molecule has 0 unspecified atom stereocenters. The molecule has 1 N–H and O–H groups in total. The highest BCUT2D eigenvalue weighted by Gasteiger charge is 2.22. The Morgan fingerprint density at radius 1 is 1.08 bits per heavy atom. The number of nitrogens with zero attached hydrogens (tertiary/aromatic N) is 1. The van der Waals surface area contributed by atoms with Gasteiger partial charge in [-0.3, -0.25) is 4.79 Å². The summed E-state index contributed by atoms with van der Waals surface area (Å²) in [4.78, 5) is 22.9. The maximum Gasteiger partial charge on any atom is 0.511 e. The number of aromatic nitrogens is 1. The number of carbonyl (C=O) groups is 1. The number of carboxylic acid groups (broad SMARTS) is 1. The van der Waals surface area contributed by atoms with Crippen LogP contribution in [0.15, 0.2) is 47.4 Å². The van der Waals surface area contributed by atoms with Crippen molar-refractivity contribution >= 4 is 17.1 Å². The van der Waals surface area contributed by atoms with Crippen LogP contribution < -0.4 is 10.2 Å². The number of para-hydroxylation sites is 1. The second-order valence-electron chi connectivity index (χ2n) is 4.78. The zero-order valence-corrected chi connectivity index (χ0v) is 11.8. The molecule has 0 amide bonds. The average Bonchev–Trinajstić information content (AvgIpc) is 2.56. The van der Waals surface area contributed by atoms with Crippen molar-refractivity contribution in [3.8, 4) is 11.4 Å². The molecule has 0 saturated carbocycles. The third-order valence-corrected chi connectivity index (χ3v) is 3.32. The molecule has 0 saturated heterocycles. The fourth-order valence-corrected chi connectivity index (χ4v) is 2.33. The minimum atomic E-state index is -1.77. The standard InChI is InChI=1S/C16H8F3NO4/c17-10-6-9-14(13(19)12(10)18)20(8-4-2-1-3-5-8)7-11(15(9)21)24-16(22)23/h1-7H,(H,22,23). The van der Waals surface area contributed by atoms with Gasteiger partial charge in [0.05, 0.1) is 17.1 Å². The van der Waals surface area contributed by atoms with E-state index in [1.54, 1.807) is 18.2 Å². The molecule has 0 spiro atoms. The monoisotopic (exact) mass is 335 g/mol. The number of fused-ring (bicyclic) bond motifs is 1. The Hall–Kier alpha value is -3.29. The highest BCUT2D eigenvalue weighted by molar-refractivity contribution is 5.83. The third kappa shape index (κ3) is 2.47. The molecule has 0 atom stereocenters. The molecule has 8 heteroatoms. The molecule has 0 aliphatic heterocycles. The van der Waals surface area contributed by atoms with Crippen molar-refractivity contribution in [1.29, 1.82) is 0 Å². The average molecular weight is 335 g/mol. The van der Waals surface area contributed by atoms with Crippen molar-refractivity contribution in [2.45, 2.75) is 0 Å². The Labute approximate surface area is 132 Å². The van der Waals surface area contributed by atoms with Gasteiger partial charge < -0.3 is 14.4 Å². The lowest BCUT2D eigenvalue weighted by Gasteiger charge is -2.14. The first-order valence-electron chi connectivity index (χ1n) is 6.59. The Morgan fingerprint density at radius 2 is 1.75 bits per heavy atom. The van der Waals surface area contributed by atoms with Gasteiger partial charge >= 0.3 is 6.16 Å². The van der Waals surface area contributed by atoms with Crippen LogP contribution in [0.2, 0.25) is 0 Å². The Kier molecular flexibility index (Phi) is 3.72. The molecule has 3 rings (SSSR count). The number of benzene rings is 2. The fraction of sp³-hybridized carbons (Fsp3) is 0. The van der Waals surface area contributed by atoms with E-state index in [0.717, 1.165) is 10.8 Å². The first-order valence-corrected chi connectivity index (χ1v) is 6.59. The van der Waals surface area contributed by atoms with E-state index in [1.807, 2.05) is 0 Å². The van der Waals surface area contributed by atoms with E-state index in [0.29, 0.717) is 11.8 Å². The number of pyridine rings is 1. The molecule has 1 heterocycles. The van der Waals surface area contributed by atoms with E-state index in [2.05, 4.69) is 4.74 Å². The number of ether oxygens (including phenoxy) is 1. The number of hydrogen-bond acceptors (Lipinski definition) is 3. The van der Waals surface area contributed by atoms with Crippen LogP contribution in [0.25, 0.3) is 16.6 Å². The lowest BCUT2D eigenvalue weighted by molar-refractivity contribution is 0.144. The van der Waals surface area contributed by atoms with E-state index in [9.17, 15) is 22.8 Å². The van der Waals surface area contributed by atoms with Crippen LogP contribution in [0.3, 0.4) is 0 Å². The molecule has 1 aromatic heterocycles. The van der Waals surface area contributed by atoms with Gasteiger partial charge in [0, 0.05) is 5.69 Å². The summed E-state index contributed by atoms with van der Waals surface area (Å²) in [7, 11) is 0. The van der Waals surface area contributed by atoms with E-state index in [4.69, 9.17) is 5.11 Å². The van der Waals surface area contributed by atoms with Crippen molar-refractivity contribution in [3.05, 3.63) is 70.3 Å². The van der Waals surface area contributed by atoms with Gasteiger partial charge in [0.2, 0.25) is 5.43 Å². The summed E-state index contributed by atoms with van der Waals surface area (Å²) in [6.07, 6.45) is -0.858. The maximum atomic E-state index is 14.2. The fourth-order valence-electron chi connectivity index (χ4n) is 2.33. The summed E-state index contributed by atoms with van der Waals surface area (Å²) in [6, 6.07) is 8.37. The molecular weight excluding hydrogens is 327 g/mol. The molecule has 122 valence electrons.